The number of aryl methyl sites for hydroxylation is 1. The highest BCUT2D eigenvalue weighted by atomic mass is 79.9. The van der Waals surface area contributed by atoms with Crippen LogP contribution in [0.15, 0.2) is 31.9 Å². The van der Waals surface area contributed by atoms with Gasteiger partial charge in [0.15, 0.2) is 4.34 Å². The molecule has 1 N–H and O–H groups in total. The Morgan fingerprint density at radius 1 is 1.47 bits per heavy atom. The molecule has 0 bridgehead atoms. The first-order valence-electron chi connectivity index (χ1n) is 5.10. The van der Waals surface area contributed by atoms with Crippen molar-refractivity contribution in [2.24, 2.45) is 0 Å². The van der Waals surface area contributed by atoms with E-state index >= 15 is 0 Å². The Hall–Kier alpha value is -0.430. The lowest BCUT2D eigenvalue weighted by Gasteiger charge is -2.07. The minimum Gasteiger partial charge on any atom is -0.316 e. The molecule has 0 fully saturated rings. The van der Waals surface area contributed by atoms with E-state index in [-0.39, 0.29) is 0 Å². The van der Waals surface area contributed by atoms with Crippen LogP contribution in [0.1, 0.15) is 11.4 Å². The zero-order valence-corrected chi connectivity index (χ0v) is 12.7. The van der Waals surface area contributed by atoms with Gasteiger partial charge in [-0.3, -0.25) is 0 Å². The van der Waals surface area contributed by atoms with Crippen LogP contribution in [-0.2, 0) is 6.54 Å². The molecular formula is C11H12BrN3S2. The van der Waals surface area contributed by atoms with Crippen molar-refractivity contribution in [2.75, 3.05) is 7.05 Å². The second-order valence-electron chi connectivity index (χ2n) is 3.49. The summed E-state index contributed by atoms with van der Waals surface area (Å²) in [5, 5.41) is 3.17. The Kier molecular flexibility index (Phi) is 4.55. The fraction of sp³-hybridized carbons (Fsp3) is 0.273. The highest BCUT2D eigenvalue weighted by Gasteiger charge is 2.08. The number of nitrogens with one attached hydrogen (secondary N) is 1. The number of aromatic nitrogens is 2. The normalized spacial score (nSPS) is 10.8. The average Bonchev–Trinajstić information content (AvgIpc) is 2.68. The second-order valence-corrected chi connectivity index (χ2v) is 6.45. The molecule has 0 amide bonds. The molecule has 0 saturated carbocycles. The van der Waals surface area contributed by atoms with Gasteiger partial charge in [-0.25, -0.2) is 4.98 Å². The van der Waals surface area contributed by atoms with Crippen LogP contribution < -0.4 is 5.32 Å². The Morgan fingerprint density at radius 2 is 2.29 bits per heavy atom. The van der Waals surface area contributed by atoms with E-state index in [0.717, 1.165) is 21.2 Å². The third-order valence-electron chi connectivity index (χ3n) is 2.10. The van der Waals surface area contributed by atoms with Gasteiger partial charge in [0.05, 0.1) is 0 Å². The molecule has 0 aliphatic carbocycles. The predicted octanol–water partition coefficient (Wildman–Crippen LogP) is 3.48. The fourth-order valence-electron chi connectivity index (χ4n) is 1.37. The average molecular weight is 330 g/mol. The summed E-state index contributed by atoms with van der Waals surface area (Å²) in [6.07, 6.45) is 0. The molecule has 0 atom stereocenters. The summed E-state index contributed by atoms with van der Waals surface area (Å²) >= 11 is 6.61. The molecule has 90 valence electrons. The SMILES string of the molecule is CNCc1ccc(Br)cc1Sc1nc(C)ns1. The van der Waals surface area contributed by atoms with Gasteiger partial charge < -0.3 is 5.32 Å². The van der Waals surface area contributed by atoms with E-state index in [4.69, 9.17) is 0 Å². The van der Waals surface area contributed by atoms with E-state index in [2.05, 4.69) is 48.8 Å². The monoisotopic (exact) mass is 329 g/mol. The Bertz CT molecular complexity index is 513. The summed E-state index contributed by atoms with van der Waals surface area (Å²) in [6, 6.07) is 6.30. The van der Waals surface area contributed by atoms with Crippen LogP contribution in [0, 0.1) is 6.92 Å². The maximum Gasteiger partial charge on any atom is 0.174 e. The van der Waals surface area contributed by atoms with Crippen molar-refractivity contribution in [3.05, 3.63) is 34.1 Å². The quantitative estimate of drug-likeness (QED) is 0.931. The Labute approximate surface area is 117 Å². The molecule has 0 aliphatic rings. The van der Waals surface area contributed by atoms with Gasteiger partial charge >= 0.3 is 0 Å². The topological polar surface area (TPSA) is 37.8 Å². The van der Waals surface area contributed by atoms with Crippen LogP contribution in [-0.4, -0.2) is 16.4 Å². The maximum atomic E-state index is 4.37. The molecule has 1 aromatic heterocycles. The summed E-state index contributed by atoms with van der Waals surface area (Å²) in [7, 11) is 1.95. The number of nitrogens with zero attached hydrogens (tertiary/aromatic N) is 2. The van der Waals surface area contributed by atoms with E-state index in [1.807, 2.05) is 14.0 Å². The Balaban J connectivity index is 2.26. The van der Waals surface area contributed by atoms with Crippen LogP contribution >= 0.6 is 39.2 Å². The Morgan fingerprint density at radius 3 is 2.94 bits per heavy atom. The van der Waals surface area contributed by atoms with Gasteiger partial charge in [0.2, 0.25) is 0 Å². The van der Waals surface area contributed by atoms with Crippen molar-refractivity contribution >= 4 is 39.2 Å². The van der Waals surface area contributed by atoms with E-state index < -0.39 is 0 Å². The molecule has 2 rings (SSSR count). The summed E-state index contributed by atoms with van der Waals surface area (Å²) in [4.78, 5) is 5.58. The van der Waals surface area contributed by atoms with Crippen molar-refractivity contribution in [2.45, 2.75) is 22.7 Å². The van der Waals surface area contributed by atoms with E-state index in [0.29, 0.717) is 0 Å². The highest BCUT2D eigenvalue weighted by Crippen LogP contribution is 2.33. The lowest BCUT2D eigenvalue weighted by atomic mass is 10.2. The predicted molar refractivity (Wildman–Crippen MR) is 75.7 cm³/mol. The molecule has 0 unspecified atom stereocenters. The summed E-state index contributed by atoms with van der Waals surface area (Å²) in [5.41, 5.74) is 1.27. The molecule has 3 nitrogen and oxygen atoms in total. The van der Waals surface area contributed by atoms with Crippen molar-refractivity contribution in [1.29, 1.82) is 0 Å². The molecule has 1 heterocycles. The van der Waals surface area contributed by atoms with Gasteiger partial charge in [-0.15, -0.1) is 0 Å². The van der Waals surface area contributed by atoms with Gasteiger partial charge in [0.1, 0.15) is 5.82 Å². The maximum absolute atomic E-state index is 4.37. The zero-order chi connectivity index (χ0) is 12.3. The second kappa shape index (κ2) is 5.95. The molecule has 1 aromatic carbocycles. The highest BCUT2D eigenvalue weighted by molar-refractivity contribution is 9.10. The van der Waals surface area contributed by atoms with E-state index in [1.165, 1.54) is 22.0 Å². The zero-order valence-electron chi connectivity index (χ0n) is 9.53. The summed E-state index contributed by atoms with van der Waals surface area (Å²) in [5.74, 6) is 0.836. The number of halogens is 1. The van der Waals surface area contributed by atoms with Crippen molar-refractivity contribution < 1.29 is 0 Å². The smallest absolute Gasteiger partial charge is 0.174 e. The van der Waals surface area contributed by atoms with Crippen LogP contribution in [0.25, 0.3) is 0 Å². The molecule has 6 heteroatoms. The van der Waals surface area contributed by atoms with Crippen LogP contribution in [0.2, 0.25) is 0 Å². The van der Waals surface area contributed by atoms with Crippen molar-refractivity contribution in [3.63, 3.8) is 0 Å². The van der Waals surface area contributed by atoms with Crippen LogP contribution in [0.4, 0.5) is 0 Å². The van der Waals surface area contributed by atoms with Gasteiger partial charge in [-0.05, 0) is 43.2 Å². The first kappa shape index (κ1) is 13.0. The third-order valence-corrected chi connectivity index (χ3v) is 4.54. The van der Waals surface area contributed by atoms with Crippen LogP contribution in [0.3, 0.4) is 0 Å². The van der Waals surface area contributed by atoms with Gasteiger partial charge in [0, 0.05) is 15.9 Å². The first-order chi connectivity index (χ1) is 8.19. The van der Waals surface area contributed by atoms with E-state index in [9.17, 15) is 0 Å². The first-order valence-corrected chi connectivity index (χ1v) is 7.48. The molecule has 0 spiro atoms. The number of benzene rings is 1. The van der Waals surface area contributed by atoms with E-state index in [1.54, 1.807) is 11.8 Å². The molecule has 0 saturated heterocycles. The number of rotatable bonds is 4. The summed E-state index contributed by atoms with van der Waals surface area (Å²) in [6.45, 7) is 2.77. The minimum atomic E-state index is 0.836. The van der Waals surface area contributed by atoms with Gasteiger partial charge in [-0.2, -0.15) is 4.37 Å². The van der Waals surface area contributed by atoms with Gasteiger partial charge in [0.25, 0.3) is 0 Å². The van der Waals surface area contributed by atoms with Crippen molar-refractivity contribution in [1.82, 2.24) is 14.7 Å². The molecule has 2 aromatic rings. The van der Waals surface area contributed by atoms with Crippen LogP contribution in [0.5, 0.6) is 0 Å². The molecular weight excluding hydrogens is 318 g/mol. The largest absolute Gasteiger partial charge is 0.316 e. The summed E-state index contributed by atoms with van der Waals surface area (Å²) < 4.78 is 6.26. The standard InChI is InChI=1S/C11H12BrN3S2/c1-7-14-11(17-15-7)16-10-5-9(12)4-3-8(10)6-13-2/h3-5,13H,6H2,1-2H3. The molecule has 0 radical (unpaired) electrons. The fourth-order valence-corrected chi connectivity index (χ4v) is 3.66. The lowest BCUT2D eigenvalue weighted by molar-refractivity contribution is 0.803. The minimum absolute atomic E-state index is 0.836. The van der Waals surface area contributed by atoms with Gasteiger partial charge in [-0.1, -0.05) is 33.8 Å². The number of hydrogen-bond acceptors (Lipinski definition) is 5. The lowest BCUT2D eigenvalue weighted by Crippen LogP contribution is -2.05. The number of hydrogen-bond donors (Lipinski definition) is 1. The molecule has 0 aliphatic heterocycles. The van der Waals surface area contributed by atoms with Crippen molar-refractivity contribution in [3.8, 4) is 0 Å². The third kappa shape index (κ3) is 3.51. The molecule has 17 heavy (non-hydrogen) atoms.